The molecular weight excluding hydrogens is 348 g/mol. The monoisotopic (exact) mass is 382 g/mol. The molecule has 27 heavy (non-hydrogen) atoms. The highest BCUT2D eigenvalue weighted by Gasteiger charge is 2.63. The molecule has 4 aliphatic carbocycles. The van der Waals surface area contributed by atoms with Gasteiger partial charge < -0.3 is 4.43 Å². The van der Waals surface area contributed by atoms with Crippen LogP contribution in [0.4, 0.5) is 0 Å². The van der Waals surface area contributed by atoms with E-state index in [1.807, 2.05) is 6.08 Å². The van der Waals surface area contributed by atoms with E-state index in [9.17, 15) is 4.79 Å². The molecule has 3 heteroatoms. The summed E-state index contributed by atoms with van der Waals surface area (Å²) in [4.78, 5) is 11.9. The summed E-state index contributed by atoms with van der Waals surface area (Å²) in [6.45, 7) is 9.06. The number of carbonyl (C=O) groups excluding carboxylic acids is 1. The van der Waals surface area contributed by atoms with E-state index in [0.29, 0.717) is 29.5 Å². The first-order valence-corrected chi connectivity index (χ1v) is 14.3. The first-order valence-electron chi connectivity index (χ1n) is 10.9. The molecule has 2 saturated carbocycles. The molecule has 0 spiro atoms. The third-order valence-corrected chi connectivity index (χ3v) is 8.91. The van der Waals surface area contributed by atoms with Gasteiger partial charge in [-0.2, -0.15) is 0 Å². The number of rotatable bonds is 3. The zero-order valence-corrected chi connectivity index (χ0v) is 18.4. The quantitative estimate of drug-likeness (QED) is 0.365. The average molecular weight is 383 g/mol. The number of hydrogen-bond acceptors (Lipinski definition) is 2. The first kappa shape index (κ1) is 19.2. The lowest BCUT2D eigenvalue weighted by atomic mass is 9.49. The van der Waals surface area contributed by atoms with Crippen molar-refractivity contribution in [2.75, 3.05) is 0 Å². The van der Waals surface area contributed by atoms with Gasteiger partial charge in [0.15, 0.2) is 14.1 Å². The van der Waals surface area contributed by atoms with Crippen LogP contribution in [0.3, 0.4) is 0 Å². The predicted molar refractivity (Wildman–Crippen MR) is 113 cm³/mol. The summed E-state index contributed by atoms with van der Waals surface area (Å²) in [6, 6.07) is 0. The molecule has 146 valence electrons. The molecule has 0 radical (unpaired) electrons. The van der Waals surface area contributed by atoms with E-state index >= 15 is 0 Å². The number of ketones is 1. The van der Waals surface area contributed by atoms with Crippen molar-refractivity contribution in [1.29, 1.82) is 0 Å². The zero-order chi connectivity index (χ0) is 19.4. The third-order valence-electron chi connectivity index (χ3n) is 7.97. The molecule has 0 saturated heterocycles. The zero-order valence-electron chi connectivity index (χ0n) is 17.4. The van der Waals surface area contributed by atoms with Gasteiger partial charge in [-0.15, -0.1) is 6.42 Å². The Hall–Kier alpha value is -1.11. The molecule has 0 heterocycles. The van der Waals surface area contributed by atoms with E-state index < -0.39 is 13.9 Å². The Morgan fingerprint density at radius 1 is 1.22 bits per heavy atom. The summed E-state index contributed by atoms with van der Waals surface area (Å²) >= 11 is 0. The fraction of sp³-hybridized carbons (Fsp3) is 0.708. The van der Waals surface area contributed by atoms with E-state index in [0.717, 1.165) is 32.1 Å². The summed E-state index contributed by atoms with van der Waals surface area (Å²) < 4.78 is 6.76. The fourth-order valence-electron chi connectivity index (χ4n) is 7.00. The van der Waals surface area contributed by atoms with Gasteiger partial charge in [-0.05, 0) is 94.0 Å². The number of terminal acetylenes is 1. The van der Waals surface area contributed by atoms with Crippen LogP contribution in [0.5, 0.6) is 0 Å². The van der Waals surface area contributed by atoms with Gasteiger partial charge in [0.25, 0.3) is 0 Å². The molecule has 0 bridgehead atoms. The van der Waals surface area contributed by atoms with Crippen molar-refractivity contribution in [1.82, 2.24) is 0 Å². The molecule has 0 aromatic carbocycles. The normalized spacial score (nSPS) is 43.4. The second-order valence-corrected chi connectivity index (χ2v) is 14.7. The Labute approximate surface area is 166 Å². The van der Waals surface area contributed by atoms with Gasteiger partial charge in [0.05, 0.1) is 0 Å². The lowest BCUT2D eigenvalue weighted by Gasteiger charge is -2.57. The highest BCUT2D eigenvalue weighted by atomic mass is 28.4. The Bertz CT molecular complexity index is 736. The Morgan fingerprint density at radius 2 is 2.00 bits per heavy atom. The third kappa shape index (κ3) is 2.83. The van der Waals surface area contributed by atoms with Crippen LogP contribution in [0.2, 0.25) is 19.6 Å². The standard InChI is InChI=1S/C24H34O2Si/c1-6-23-14-12-20-19-11-9-18(25)16-17(19)8-10-21(20)22(23)13-15-24(23,7-2)26-27(3,4)5/h2,13,15-16,19-22H,6,8-12,14H2,1,3-5H3/t19-,20+,21+,22-,23-,24-/m0/s1. The van der Waals surface area contributed by atoms with Crippen LogP contribution in [0.1, 0.15) is 51.9 Å². The second kappa shape index (κ2) is 6.46. The molecule has 0 amide bonds. The summed E-state index contributed by atoms with van der Waals surface area (Å²) in [7, 11) is -1.77. The number of allylic oxidation sites excluding steroid dienone is 3. The van der Waals surface area contributed by atoms with Crippen molar-refractivity contribution in [2.24, 2.45) is 29.1 Å². The average Bonchev–Trinajstić information content (AvgIpc) is 2.94. The van der Waals surface area contributed by atoms with Crippen LogP contribution in [0, 0.1) is 41.4 Å². The molecule has 2 nitrogen and oxygen atoms in total. The minimum Gasteiger partial charge on any atom is -0.398 e. The number of carbonyl (C=O) groups is 1. The maximum atomic E-state index is 11.9. The molecule has 4 aliphatic rings. The molecule has 2 fully saturated rings. The van der Waals surface area contributed by atoms with Gasteiger partial charge in [0.1, 0.15) is 5.60 Å². The predicted octanol–water partition coefficient (Wildman–Crippen LogP) is 5.52. The molecule has 0 aromatic heterocycles. The molecule has 0 N–H and O–H groups in total. The van der Waals surface area contributed by atoms with Crippen LogP contribution >= 0.6 is 0 Å². The van der Waals surface area contributed by atoms with E-state index in [1.165, 1.54) is 18.4 Å². The van der Waals surface area contributed by atoms with Crippen molar-refractivity contribution in [2.45, 2.75) is 77.1 Å². The van der Waals surface area contributed by atoms with Gasteiger partial charge in [-0.3, -0.25) is 4.79 Å². The first-order chi connectivity index (χ1) is 12.8. The van der Waals surface area contributed by atoms with Crippen molar-refractivity contribution in [3.63, 3.8) is 0 Å². The van der Waals surface area contributed by atoms with Crippen LogP contribution in [0.15, 0.2) is 23.8 Å². The van der Waals surface area contributed by atoms with Crippen molar-refractivity contribution in [3.05, 3.63) is 23.8 Å². The van der Waals surface area contributed by atoms with Crippen LogP contribution in [-0.4, -0.2) is 19.7 Å². The largest absolute Gasteiger partial charge is 0.398 e. The molecular formula is C24H34O2Si. The smallest absolute Gasteiger partial charge is 0.186 e. The van der Waals surface area contributed by atoms with Crippen molar-refractivity contribution >= 4 is 14.1 Å². The van der Waals surface area contributed by atoms with Gasteiger partial charge >= 0.3 is 0 Å². The van der Waals surface area contributed by atoms with E-state index in [4.69, 9.17) is 10.8 Å². The number of fused-ring (bicyclic) bond motifs is 5. The minimum absolute atomic E-state index is 0.0505. The van der Waals surface area contributed by atoms with Crippen molar-refractivity contribution in [3.8, 4) is 12.3 Å². The topological polar surface area (TPSA) is 26.3 Å². The van der Waals surface area contributed by atoms with Crippen LogP contribution in [0.25, 0.3) is 0 Å². The molecule has 0 aliphatic heterocycles. The highest BCUT2D eigenvalue weighted by Crippen LogP contribution is 2.65. The molecule has 4 rings (SSSR count). The second-order valence-electron chi connectivity index (χ2n) is 10.2. The maximum Gasteiger partial charge on any atom is 0.186 e. The van der Waals surface area contributed by atoms with Gasteiger partial charge in [-0.1, -0.05) is 24.5 Å². The van der Waals surface area contributed by atoms with Gasteiger partial charge in [0, 0.05) is 11.8 Å². The summed E-state index contributed by atoms with van der Waals surface area (Å²) in [5.74, 6) is 6.04. The SMILES string of the molecule is C#C[C@]1(O[Si](C)(C)C)C=C[C@H]2[C@@H]3CCC4=CC(=O)CC[C@@H]4[C@H]3CC[C@@]21CC. The van der Waals surface area contributed by atoms with E-state index in [1.54, 1.807) is 0 Å². The molecule has 6 atom stereocenters. The Balaban J connectivity index is 1.68. The van der Waals surface area contributed by atoms with Crippen molar-refractivity contribution < 1.29 is 9.22 Å². The summed E-state index contributed by atoms with van der Waals surface area (Å²) in [6.07, 6.45) is 20.4. The van der Waals surface area contributed by atoms with Gasteiger partial charge in [0.2, 0.25) is 0 Å². The summed E-state index contributed by atoms with van der Waals surface area (Å²) in [5, 5.41) is 0. The Kier molecular flexibility index (Phi) is 4.60. The highest BCUT2D eigenvalue weighted by molar-refractivity contribution is 6.69. The lowest BCUT2D eigenvalue weighted by Crippen LogP contribution is -2.57. The summed E-state index contributed by atoms with van der Waals surface area (Å²) in [5.41, 5.74) is 0.968. The Morgan fingerprint density at radius 3 is 2.67 bits per heavy atom. The molecule has 0 aromatic rings. The maximum absolute atomic E-state index is 11.9. The van der Waals surface area contributed by atoms with E-state index in [-0.39, 0.29) is 5.41 Å². The van der Waals surface area contributed by atoms with E-state index in [2.05, 4.69) is 44.6 Å². The van der Waals surface area contributed by atoms with Crippen LogP contribution < -0.4 is 0 Å². The van der Waals surface area contributed by atoms with Gasteiger partial charge in [-0.25, -0.2) is 0 Å². The number of hydrogen-bond donors (Lipinski definition) is 0. The molecule has 0 unspecified atom stereocenters. The fourth-order valence-corrected chi connectivity index (χ4v) is 8.30. The van der Waals surface area contributed by atoms with Crippen LogP contribution in [-0.2, 0) is 9.22 Å². The lowest BCUT2D eigenvalue weighted by molar-refractivity contribution is -0.116. The minimum atomic E-state index is -1.77.